The number of hydrogen-bond acceptors (Lipinski definition) is 6. The maximum atomic E-state index is 12.6. The molecule has 0 unspecified atom stereocenters. The number of unbranched alkanes of at least 4 members (excludes halogenated alkanes) is 23. The molecule has 0 radical (unpaired) electrons. The van der Waals surface area contributed by atoms with E-state index in [1.165, 1.54) is 116 Å². The number of carbonyl (C=O) groups excluding carboxylic acids is 3. The van der Waals surface area contributed by atoms with Gasteiger partial charge in [0.1, 0.15) is 13.2 Å². The molecule has 278 valence electrons. The zero-order valence-electron chi connectivity index (χ0n) is 31.7. The van der Waals surface area contributed by atoms with Crippen molar-refractivity contribution in [2.75, 3.05) is 13.2 Å². The first-order valence-electron chi connectivity index (χ1n) is 20.4. The van der Waals surface area contributed by atoms with Crippen molar-refractivity contribution in [2.24, 2.45) is 5.92 Å². The van der Waals surface area contributed by atoms with Gasteiger partial charge in [0.2, 0.25) is 0 Å². The van der Waals surface area contributed by atoms with Crippen molar-refractivity contribution in [3.8, 4) is 0 Å². The van der Waals surface area contributed by atoms with Gasteiger partial charge in [-0.3, -0.25) is 14.4 Å². The van der Waals surface area contributed by atoms with E-state index in [2.05, 4.69) is 27.7 Å². The largest absolute Gasteiger partial charge is 0.462 e. The smallest absolute Gasteiger partial charge is 0.306 e. The van der Waals surface area contributed by atoms with Crippen LogP contribution in [0.4, 0.5) is 0 Å². The lowest BCUT2D eigenvalue weighted by atomic mass is 10.0. The molecule has 0 spiro atoms. The predicted molar refractivity (Wildman–Crippen MR) is 196 cm³/mol. The fourth-order valence-corrected chi connectivity index (χ4v) is 5.92. The Hall–Kier alpha value is -1.59. The van der Waals surface area contributed by atoms with Crippen molar-refractivity contribution < 1.29 is 28.6 Å². The molecule has 0 saturated carbocycles. The summed E-state index contributed by atoms with van der Waals surface area (Å²) < 4.78 is 16.6. The zero-order chi connectivity index (χ0) is 34.6. The van der Waals surface area contributed by atoms with E-state index in [9.17, 15) is 14.4 Å². The molecule has 6 heteroatoms. The fourth-order valence-electron chi connectivity index (χ4n) is 5.92. The molecule has 0 aliphatic rings. The third-order valence-electron chi connectivity index (χ3n) is 9.04. The summed E-state index contributed by atoms with van der Waals surface area (Å²) in [5.74, 6) is -0.0860. The first-order valence-corrected chi connectivity index (χ1v) is 20.4. The number of rotatable bonds is 36. The van der Waals surface area contributed by atoms with E-state index in [1.54, 1.807) is 0 Å². The summed E-state index contributed by atoms with van der Waals surface area (Å²) in [6.45, 7) is 8.89. The van der Waals surface area contributed by atoms with Crippen molar-refractivity contribution in [2.45, 2.75) is 226 Å². The molecule has 6 nitrogen and oxygen atoms in total. The second-order valence-corrected chi connectivity index (χ2v) is 14.4. The summed E-state index contributed by atoms with van der Waals surface area (Å²) in [7, 11) is 0. The minimum atomic E-state index is -0.757. The number of hydrogen-bond donors (Lipinski definition) is 0. The van der Waals surface area contributed by atoms with Gasteiger partial charge in [-0.25, -0.2) is 0 Å². The number of ether oxygens (including phenoxy) is 3. The molecule has 0 rings (SSSR count). The highest BCUT2D eigenvalue weighted by atomic mass is 16.6. The van der Waals surface area contributed by atoms with Gasteiger partial charge in [-0.05, 0) is 25.2 Å². The van der Waals surface area contributed by atoms with E-state index in [0.717, 1.165) is 63.7 Å². The van der Waals surface area contributed by atoms with Gasteiger partial charge in [-0.15, -0.1) is 0 Å². The van der Waals surface area contributed by atoms with Gasteiger partial charge in [0, 0.05) is 19.3 Å². The molecule has 0 aromatic rings. The molecule has 0 saturated heterocycles. The highest BCUT2D eigenvalue weighted by molar-refractivity contribution is 5.71. The minimum Gasteiger partial charge on any atom is -0.462 e. The predicted octanol–water partition coefficient (Wildman–Crippen LogP) is 12.4. The topological polar surface area (TPSA) is 78.9 Å². The summed E-state index contributed by atoms with van der Waals surface area (Å²) >= 11 is 0. The van der Waals surface area contributed by atoms with Crippen LogP contribution in [0.5, 0.6) is 0 Å². The maximum Gasteiger partial charge on any atom is 0.306 e. The van der Waals surface area contributed by atoms with E-state index in [4.69, 9.17) is 14.2 Å². The Morgan fingerprint density at radius 1 is 0.404 bits per heavy atom. The van der Waals surface area contributed by atoms with Crippen molar-refractivity contribution in [3.63, 3.8) is 0 Å². The Labute approximate surface area is 291 Å². The van der Waals surface area contributed by atoms with Crippen LogP contribution in [-0.4, -0.2) is 37.2 Å². The number of esters is 3. The summed E-state index contributed by atoms with van der Waals surface area (Å²) in [6.07, 6.45) is 32.4. The van der Waals surface area contributed by atoms with Crippen LogP contribution >= 0.6 is 0 Å². The minimum absolute atomic E-state index is 0.0654. The van der Waals surface area contributed by atoms with Crippen LogP contribution in [0.25, 0.3) is 0 Å². The zero-order valence-corrected chi connectivity index (χ0v) is 31.7. The first-order chi connectivity index (χ1) is 22.9. The Bertz CT molecular complexity index is 706. The van der Waals surface area contributed by atoms with Crippen molar-refractivity contribution >= 4 is 17.9 Å². The summed E-state index contributed by atoms with van der Waals surface area (Å²) in [5, 5.41) is 0. The molecule has 1 atom stereocenters. The van der Waals surface area contributed by atoms with Crippen molar-refractivity contribution in [1.29, 1.82) is 0 Å². The number of carbonyl (C=O) groups is 3. The van der Waals surface area contributed by atoms with Gasteiger partial charge in [0.15, 0.2) is 6.10 Å². The van der Waals surface area contributed by atoms with Crippen LogP contribution in [0, 0.1) is 5.92 Å². The van der Waals surface area contributed by atoms with Gasteiger partial charge in [-0.2, -0.15) is 0 Å². The Morgan fingerprint density at radius 2 is 0.702 bits per heavy atom. The van der Waals surface area contributed by atoms with Gasteiger partial charge in [0.05, 0.1) is 0 Å². The second-order valence-electron chi connectivity index (χ2n) is 14.4. The average Bonchev–Trinajstić information content (AvgIpc) is 3.05. The molecule has 47 heavy (non-hydrogen) atoms. The van der Waals surface area contributed by atoms with Gasteiger partial charge in [-0.1, -0.05) is 182 Å². The third kappa shape index (κ3) is 35.5. The highest BCUT2D eigenvalue weighted by Crippen LogP contribution is 2.15. The molecule has 0 aromatic heterocycles. The van der Waals surface area contributed by atoms with Crippen LogP contribution in [0.3, 0.4) is 0 Å². The molecule has 0 heterocycles. The molecular formula is C41H78O6. The lowest BCUT2D eigenvalue weighted by molar-refractivity contribution is -0.167. The van der Waals surface area contributed by atoms with Crippen molar-refractivity contribution in [3.05, 3.63) is 0 Å². The Balaban J connectivity index is 4.35. The van der Waals surface area contributed by atoms with Crippen LogP contribution in [0.2, 0.25) is 0 Å². The lowest BCUT2D eigenvalue weighted by Gasteiger charge is -2.18. The summed E-state index contributed by atoms with van der Waals surface area (Å²) in [6, 6.07) is 0. The third-order valence-corrected chi connectivity index (χ3v) is 9.04. The van der Waals surface area contributed by atoms with Crippen LogP contribution in [-0.2, 0) is 28.6 Å². The first kappa shape index (κ1) is 45.4. The van der Waals surface area contributed by atoms with E-state index >= 15 is 0 Å². The normalized spacial score (nSPS) is 11.9. The van der Waals surface area contributed by atoms with Crippen molar-refractivity contribution in [1.82, 2.24) is 0 Å². The van der Waals surface area contributed by atoms with Crippen LogP contribution in [0.15, 0.2) is 0 Å². The second kappa shape index (κ2) is 35.7. The summed E-state index contributed by atoms with van der Waals surface area (Å²) in [5.41, 5.74) is 0. The monoisotopic (exact) mass is 667 g/mol. The molecule has 0 aliphatic heterocycles. The molecule has 0 N–H and O–H groups in total. The molecule has 0 fully saturated rings. The highest BCUT2D eigenvalue weighted by Gasteiger charge is 2.19. The van der Waals surface area contributed by atoms with Gasteiger partial charge in [0.25, 0.3) is 0 Å². The summed E-state index contributed by atoms with van der Waals surface area (Å²) in [4.78, 5) is 37.4. The van der Waals surface area contributed by atoms with Gasteiger partial charge >= 0.3 is 17.9 Å². The van der Waals surface area contributed by atoms with E-state index in [1.807, 2.05) is 0 Å². The quantitative estimate of drug-likeness (QED) is 0.0376. The Morgan fingerprint density at radius 3 is 1.04 bits per heavy atom. The van der Waals surface area contributed by atoms with E-state index in [0.29, 0.717) is 19.3 Å². The van der Waals surface area contributed by atoms with Gasteiger partial charge < -0.3 is 14.2 Å². The fraction of sp³-hybridized carbons (Fsp3) is 0.927. The van der Waals surface area contributed by atoms with Crippen LogP contribution < -0.4 is 0 Å². The molecule has 0 amide bonds. The van der Waals surface area contributed by atoms with E-state index in [-0.39, 0.29) is 31.1 Å². The van der Waals surface area contributed by atoms with Crippen LogP contribution in [0.1, 0.15) is 220 Å². The lowest BCUT2D eigenvalue weighted by Crippen LogP contribution is -2.30. The SMILES string of the molecule is CCCCCCCCCCCCC(=O)O[C@H](COC(=O)CCCCCCCCCCC)COC(=O)CCCCCCCCCC(C)C. The molecule has 0 aromatic carbocycles. The maximum absolute atomic E-state index is 12.6. The standard InChI is InChI=1S/C41H78O6/c1-5-7-9-11-13-15-17-21-26-30-34-41(44)47-38(35-45-39(42)32-28-24-20-16-14-12-10-8-6-2)36-46-40(43)33-29-25-22-18-19-23-27-31-37(3)4/h37-38H,5-36H2,1-4H3/t38-/m1/s1. The molecule has 0 bridgehead atoms. The molecule has 0 aliphatic carbocycles. The average molecular weight is 667 g/mol. The van der Waals surface area contributed by atoms with E-state index < -0.39 is 6.10 Å². The Kier molecular flexibility index (Phi) is 34.5. The molecular weight excluding hydrogens is 588 g/mol.